The summed E-state index contributed by atoms with van der Waals surface area (Å²) in [6, 6.07) is 7.38. The van der Waals surface area contributed by atoms with Crippen molar-refractivity contribution >= 4 is 23.3 Å². The number of carbonyl (C=O) groups excluding carboxylic acids is 2. The van der Waals surface area contributed by atoms with E-state index < -0.39 is 0 Å². The topological polar surface area (TPSA) is 84.9 Å². The highest BCUT2D eigenvalue weighted by Crippen LogP contribution is 2.28. The molecule has 2 saturated heterocycles. The highest BCUT2D eigenvalue weighted by molar-refractivity contribution is 5.97. The summed E-state index contributed by atoms with van der Waals surface area (Å²) in [5.41, 5.74) is 1.51. The number of nitrogens with zero attached hydrogens (tertiary/aromatic N) is 2. The Kier molecular flexibility index (Phi) is 6.68. The Hall–Kier alpha value is -2.12. The molecule has 0 aliphatic carbocycles. The van der Waals surface area contributed by atoms with Gasteiger partial charge in [0, 0.05) is 43.5 Å². The molecule has 148 valence electrons. The first-order valence-electron chi connectivity index (χ1n) is 9.87. The number of likely N-dealkylation sites (tertiary alicyclic amines) is 1. The number of piperidine rings is 1. The van der Waals surface area contributed by atoms with E-state index in [2.05, 4.69) is 15.5 Å². The summed E-state index contributed by atoms with van der Waals surface area (Å²) in [5.74, 6) is 0.559. The van der Waals surface area contributed by atoms with Crippen LogP contribution in [-0.2, 0) is 4.79 Å². The van der Waals surface area contributed by atoms with E-state index in [1.807, 2.05) is 31.2 Å². The lowest BCUT2D eigenvalue weighted by molar-refractivity contribution is -0.117. The summed E-state index contributed by atoms with van der Waals surface area (Å²) in [6.45, 7) is 5.65. The number of hydrogen-bond donors (Lipinski definition) is 3. The van der Waals surface area contributed by atoms with E-state index in [4.69, 9.17) is 0 Å². The number of rotatable bonds is 6. The molecule has 2 aliphatic rings. The van der Waals surface area contributed by atoms with E-state index in [9.17, 15) is 14.7 Å². The molecule has 2 aliphatic heterocycles. The average Bonchev–Trinajstić information content (AvgIpc) is 3.01. The van der Waals surface area contributed by atoms with E-state index >= 15 is 0 Å². The molecule has 1 aromatic rings. The molecule has 1 atom stereocenters. The van der Waals surface area contributed by atoms with Crippen molar-refractivity contribution in [3.8, 4) is 0 Å². The van der Waals surface area contributed by atoms with Crippen molar-refractivity contribution in [1.82, 2.24) is 10.2 Å². The molecule has 3 amide bonds. The molecule has 2 heterocycles. The standard InChI is InChI=1S/C20H30N4O3/c1-15-5-6-19(26)24(15)18-4-2-3-17(13-18)22-20(27)21-9-12-23-10-7-16(14-25)8-11-23/h2-4,13,15-16,25H,5-12,14H2,1H3,(H2,21,22,27)/t15-/m0/s1. The van der Waals surface area contributed by atoms with Gasteiger partial charge in [-0.05, 0) is 63.4 Å². The fourth-order valence-electron chi connectivity index (χ4n) is 3.86. The molecule has 0 saturated carbocycles. The summed E-state index contributed by atoms with van der Waals surface area (Å²) >= 11 is 0. The van der Waals surface area contributed by atoms with Gasteiger partial charge >= 0.3 is 6.03 Å². The molecule has 1 aromatic carbocycles. The molecule has 0 aromatic heterocycles. The van der Waals surface area contributed by atoms with Crippen molar-refractivity contribution in [3.63, 3.8) is 0 Å². The van der Waals surface area contributed by atoms with Crippen LogP contribution in [0.4, 0.5) is 16.2 Å². The van der Waals surface area contributed by atoms with Gasteiger partial charge in [0.25, 0.3) is 0 Å². The first kappa shape index (κ1) is 19.6. The average molecular weight is 374 g/mol. The van der Waals surface area contributed by atoms with Crippen molar-refractivity contribution in [2.24, 2.45) is 5.92 Å². The zero-order valence-electron chi connectivity index (χ0n) is 16.0. The number of carbonyl (C=O) groups is 2. The van der Waals surface area contributed by atoms with Crippen LogP contribution in [0, 0.1) is 5.92 Å². The Morgan fingerprint density at radius 3 is 2.70 bits per heavy atom. The van der Waals surface area contributed by atoms with E-state index in [1.54, 1.807) is 4.90 Å². The van der Waals surface area contributed by atoms with Crippen molar-refractivity contribution in [3.05, 3.63) is 24.3 Å². The summed E-state index contributed by atoms with van der Waals surface area (Å²) in [5, 5.41) is 14.9. The van der Waals surface area contributed by atoms with Crippen molar-refractivity contribution < 1.29 is 14.7 Å². The smallest absolute Gasteiger partial charge is 0.319 e. The molecule has 0 radical (unpaired) electrons. The van der Waals surface area contributed by atoms with E-state index in [-0.39, 0.29) is 24.6 Å². The van der Waals surface area contributed by atoms with Crippen LogP contribution in [0.1, 0.15) is 32.6 Å². The van der Waals surface area contributed by atoms with Gasteiger partial charge in [-0.1, -0.05) is 6.07 Å². The minimum absolute atomic E-state index is 0.133. The van der Waals surface area contributed by atoms with Gasteiger partial charge in [0.1, 0.15) is 0 Å². The monoisotopic (exact) mass is 374 g/mol. The lowest BCUT2D eigenvalue weighted by Gasteiger charge is -2.30. The van der Waals surface area contributed by atoms with E-state index in [0.29, 0.717) is 24.6 Å². The third-order valence-corrected chi connectivity index (χ3v) is 5.55. The second-order valence-corrected chi connectivity index (χ2v) is 7.55. The highest BCUT2D eigenvalue weighted by atomic mass is 16.3. The predicted octanol–water partition coefficient (Wildman–Crippen LogP) is 2.03. The maximum Gasteiger partial charge on any atom is 0.319 e. The number of urea groups is 1. The van der Waals surface area contributed by atoms with Crippen LogP contribution in [0.5, 0.6) is 0 Å². The Bertz CT molecular complexity index is 658. The van der Waals surface area contributed by atoms with Crippen LogP contribution in [-0.4, -0.2) is 60.8 Å². The third kappa shape index (κ3) is 5.20. The Morgan fingerprint density at radius 2 is 2.04 bits per heavy atom. The SMILES string of the molecule is C[C@H]1CCC(=O)N1c1cccc(NC(=O)NCCN2CCC(CO)CC2)c1. The van der Waals surface area contributed by atoms with Gasteiger partial charge in [0.15, 0.2) is 0 Å². The molecule has 0 spiro atoms. The normalized spacial score (nSPS) is 21.5. The highest BCUT2D eigenvalue weighted by Gasteiger charge is 2.28. The fourth-order valence-corrected chi connectivity index (χ4v) is 3.86. The van der Waals surface area contributed by atoms with Gasteiger partial charge in [-0.2, -0.15) is 0 Å². The van der Waals surface area contributed by atoms with Crippen LogP contribution >= 0.6 is 0 Å². The molecule has 0 bridgehead atoms. The van der Waals surface area contributed by atoms with Gasteiger partial charge in [0.05, 0.1) is 0 Å². The number of aliphatic hydroxyl groups is 1. The Balaban J connectivity index is 1.44. The quantitative estimate of drug-likeness (QED) is 0.711. The second kappa shape index (κ2) is 9.19. The molecular formula is C20H30N4O3. The van der Waals surface area contributed by atoms with Crippen molar-refractivity contribution in [1.29, 1.82) is 0 Å². The number of aliphatic hydroxyl groups excluding tert-OH is 1. The lowest BCUT2D eigenvalue weighted by Crippen LogP contribution is -2.41. The molecule has 3 N–H and O–H groups in total. The molecule has 0 unspecified atom stereocenters. The number of nitrogens with one attached hydrogen (secondary N) is 2. The van der Waals surface area contributed by atoms with Crippen molar-refractivity contribution in [2.45, 2.75) is 38.6 Å². The second-order valence-electron chi connectivity index (χ2n) is 7.55. The minimum atomic E-state index is -0.238. The number of hydrogen-bond acceptors (Lipinski definition) is 4. The fraction of sp³-hybridized carbons (Fsp3) is 0.600. The molecular weight excluding hydrogens is 344 g/mol. The molecule has 3 rings (SSSR count). The number of amides is 3. The van der Waals surface area contributed by atoms with E-state index in [1.165, 1.54) is 0 Å². The summed E-state index contributed by atoms with van der Waals surface area (Å²) in [7, 11) is 0. The molecule has 27 heavy (non-hydrogen) atoms. The van der Waals surface area contributed by atoms with Crippen LogP contribution in [0.2, 0.25) is 0 Å². The maximum atomic E-state index is 12.2. The first-order valence-corrected chi connectivity index (χ1v) is 9.87. The van der Waals surface area contributed by atoms with E-state index in [0.717, 1.165) is 44.6 Å². The molecule has 7 heteroatoms. The van der Waals surface area contributed by atoms with Gasteiger partial charge in [-0.25, -0.2) is 4.79 Å². The van der Waals surface area contributed by atoms with Gasteiger partial charge in [0.2, 0.25) is 5.91 Å². The van der Waals surface area contributed by atoms with Gasteiger partial charge in [-0.3, -0.25) is 4.79 Å². The lowest BCUT2D eigenvalue weighted by atomic mass is 9.98. The largest absolute Gasteiger partial charge is 0.396 e. The first-order chi connectivity index (χ1) is 13.1. The number of benzene rings is 1. The third-order valence-electron chi connectivity index (χ3n) is 5.55. The van der Waals surface area contributed by atoms with Crippen LogP contribution in [0.3, 0.4) is 0 Å². The predicted molar refractivity (Wildman–Crippen MR) is 106 cm³/mol. The maximum absolute atomic E-state index is 12.2. The number of anilines is 2. The molecule has 2 fully saturated rings. The summed E-state index contributed by atoms with van der Waals surface area (Å²) in [6.07, 6.45) is 3.48. The Morgan fingerprint density at radius 1 is 1.26 bits per heavy atom. The summed E-state index contributed by atoms with van der Waals surface area (Å²) in [4.78, 5) is 28.3. The van der Waals surface area contributed by atoms with Crippen LogP contribution in [0.25, 0.3) is 0 Å². The zero-order valence-corrected chi connectivity index (χ0v) is 16.0. The summed E-state index contributed by atoms with van der Waals surface area (Å²) < 4.78 is 0. The minimum Gasteiger partial charge on any atom is -0.396 e. The van der Waals surface area contributed by atoms with Crippen LogP contribution in [0.15, 0.2) is 24.3 Å². The van der Waals surface area contributed by atoms with Gasteiger partial charge < -0.3 is 25.5 Å². The Labute approximate surface area is 160 Å². The van der Waals surface area contributed by atoms with Gasteiger partial charge in [-0.15, -0.1) is 0 Å². The zero-order chi connectivity index (χ0) is 19.2. The van der Waals surface area contributed by atoms with Crippen LogP contribution < -0.4 is 15.5 Å². The van der Waals surface area contributed by atoms with Crippen molar-refractivity contribution in [2.75, 3.05) is 43.0 Å². The molecule has 7 nitrogen and oxygen atoms in total.